The van der Waals surface area contributed by atoms with Gasteiger partial charge in [0, 0.05) is 13.2 Å². The van der Waals surface area contributed by atoms with E-state index in [1.165, 1.54) is 32.1 Å². The summed E-state index contributed by atoms with van der Waals surface area (Å²) in [5.41, 5.74) is 0. The lowest BCUT2D eigenvalue weighted by atomic mass is 10.0. The average molecular weight is 341 g/mol. The van der Waals surface area contributed by atoms with Crippen LogP contribution in [0.2, 0.25) is 0 Å². The number of hydrogen-bond donors (Lipinski definition) is 0. The monoisotopic (exact) mass is 340 g/mol. The van der Waals surface area contributed by atoms with Gasteiger partial charge in [-0.3, -0.25) is 4.79 Å². The van der Waals surface area contributed by atoms with Crippen molar-refractivity contribution in [2.24, 2.45) is 5.92 Å². The van der Waals surface area contributed by atoms with Crippen molar-refractivity contribution in [3.8, 4) is 0 Å². The van der Waals surface area contributed by atoms with E-state index in [0.717, 1.165) is 51.7 Å². The Bertz CT molecular complexity index is 299. The highest BCUT2D eigenvalue weighted by Gasteiger charge is 2.16. The van der Waals surface area contributed by atoms with Crippen molar-refractivity contribution < 1.29 is 14.3 Å². The Morgan fingerprint density at radius 2 is 1.58 bits per heavy atom. The number of ether oxygens (including phenoxy) is 2. The van der Waals surface area contributed by atoms with Crippen LogP contribution in [-0.2, 0) is 14.3 Å². The van der Waals surface area contributed by atoms with Crippen LogP contribution in [0, 0.1) is 5.92 Å². The van der Waals surface area contributed by atoms with E-state index in [1.54, 1.807) is 0 Å². The zero-order valence-electron chi connectivity index (χ0n) is 16.4. The molecule has 0 bridgehead atoms. The maximum absolute atomic E-state index is 11.8. The molecular weight excluding hydrogens is 300 g/mol. The zero-order valence-corrected chi connectivity index (χ0v) is 16.4. The summed E-state index contributed by atoms with van der Waals surface area (Å²) < 4.78 is 11.1. The normalized spacial score (nSPS) is 12.3. The van der Waals surface area contributed by atoms with Crippen molar-refractivity contribution in [2.75, 3.05) is 13.2 Å². The molecular formula is C21H40O3. The van der Waals surface area contributed by atoms with Crippen LogP contribution in [0.15, 0.2) is 12.7 Å². The first kappa shape index (κ1) is 23.2. The van der Waals surface area contributed by atoms with Gasteiger partial charge in [-0.05, 0) is 44.9 Å². The van der Waals surface area contributed by atoms with Crippen LogP contribution in [0.1, 0.15) is 91.4 Å². The quantitative estimate of drug-likeness (QED) is 0.183. The first-order chi connectivity index (χ1) is 11.6. The Morgan fingerprint density at radius 3 is 2.21 bits per heavy atom. The van der Waals surface area contributed by atoms with Crippen molar-refractivity contribution in [1.82, 2.24) is 0 Å². The average Bonchev–Trinajstić information content (AvgIpc) is 2.56. The summed E-state index contributed by atoms with van der Waals surface area (Å²) >= 11 is 0. The molecule has 142 valence electrons. The number of carbonyl (C=O) groups excluding carboxylic acids is 1. The van der Waals surface area contributed by atoms with Gasteiger partial charge >= 0.3 is 5.97 Å². The van der Waals surface area contributed by atoms with Crippen molar-refractivity contribution in [3.05, 3.63) is 12.7 Å². The highest BCUT2D eigenvalue weighted by atomic mass is 16.5. The number of unbranched alkanes of at least 4 members (excludes halogenated alkanes) is 6. The van der Waals surface area contributed by atoms with E-state index >= 15 is 0 Å². The summed E-state index contributed by atoms with van der Waals surface area (Å²) in [6, 6.07) is 0. The number of esters is 1. The minimum atomic E-state index is -0.0642. The fourth-order valence-electron chi connectivity index (χ4n) is 2.58. The summed E-state index contributed by atoms with van der Waals surface area (Å²) in [6.07, 6.45) is 14.5. The van der Waals surface area contributed by atoms with Crippen LogP contribution in [0.4, 0.5) is 0 Å². The maximum atomic E-state index is 11.8. The van der Waals surface area contributed by atoms with Crippen LogP contribution >= 0.6 is 0 Å². The minimum absolute atomic E-state index is 0.0400. The molecule has 0 amide bonds. The van der Waals surface area contributed by atoms with E-state index in [2.05, 4.69) is 13.5 Å². The second kappa shape index (κ2) is 17.0. The lowest BCUT2D eigenvalue weighted by molar-refractivity contribution is -0.153. The Hall–Kier alpha value is -0.830. The van der Waals surface area contributed by atoms with Crippen LogP contribution in [0.3, 0.4) is 0 Å². The van der Waals surface area contributed by atoms with Crippen molar-refractivity contribution in [1.29, 1.82) is 0 Å². The molecule has 0 aliphatic rings. The first-order valence-corrected chi connectivity index (χ1v) is 10.0. The molecule has 3 nitrogen and oxygen atoms in total. The predicted molar refractivity (Wildman–Crippen MR) is 102 cm³/mol. The van der Waals surface area contributed by atoms with Gasteiger partial charge < -0.3 is 9.47 Å². The molecule has 24 heavy (non-hydrogen) atoms. The van der Waals surface area contributed by atoms with E-state index in [1.807, 2.05) is 19.9 Å². The molecule has 0 saturated heterocycles. The maximum Gasteiger partial charge on any atom is 0.308 e. The second-order valence-corrected chi connectivity index (χ2v) is 6.96. The van der Waals surface area contributed by atoms with Crippen molar-refractivity contribution in [3.63, 3.8) is 0 Å². The van der Waals surface area contributed by atoms with Crippen molar-refractivity contribution in [2.45, 2.75) is 97.5 Å². The molecule has 0 aromatic carbocycles. The highest BCUT2D eigenvalue weighted by molar-refractivity contribution is 5.71. The molecule has 0 spiro atoms. The van der Waals surface area contributed by atoms with Gasteiger partial charge in [-0.2, -0.15) is 0 Å². The van der Waals surface area contributed by atoms with Gasteiger partial charge in [-0.1, -0.05) is 52.5 Å². The third-order valence-corrected chi connectivity index (χ3v) is 4.10. The molecule has 3 heteroatoms. The largest absolute Gasteiger partial charge is 0.462 e. The molecule has 1 atom stereocenters. The van der Waals surface area contributed by atoms with E-state index < -0.39 is 0 Å². The summed E-state index contributed by atoms with van der Waals surface area (Å²) in [4.78, 5) is 11.8. The fraction of sp³-hybridized carbons (Fsp3) is 0.857. The summed E-state index contributed by atoms with van der Waals surface area (Å²) in [5, 5.41) is 0. The smallest absolute Gasteiger partial charge is 0.308 e. The lowest BCUT2D eigenvalue weighted by Crippen LogP contribution is -2.21. The van der Waals surface area contributed by atoms with Gasteiger partial charge in [-0.15, -0.1) is 6.58 Å². The van der Waals surface area contributed by atoms with Gasteiger partial charge in [0.25, 0.3) is 0 Å². The predicted octanol–water partition coefficient (Wildman–Crippen LogP) is 6.07. The van der Waals surface area contributed by atoms with Gasteiger partial charge in [0.2, 0.25) is 0 Å². The summed E-state index contributed by atoms with van der Waals surface area (Å²) in [5.74, 6) is -0.104. The van der Waals surface area contributed by atoms with E-state index in [4.69, 9.17) is 9.47 Å². The van der Waals surface area contributed by atoms with E-state index in [-0.39, 0.29) is 18.0 Å². The third-order valence-electron chi connectivity index (χ3n) is 4.10. The second-order valence-electron chi connectivity index (χ2n) is 6.96. The molecule has 0 aliphatic carbocycles. The minimum Gasteiger partial charge on any atom is -0.462 e. The van der Waals surface area contributed by atoms with E-state index in [0.29, 0.717) is 0 Å². The number of hydrogen-bond acceptors (Lipinski definition) is 3. The van der Waals surface area contributed by atoms with Crippen molar-refractivity contribution >= 4 is 5.97 Å². The zero-order chi connectivity index (χ0) is 18.0. The molecule has 0 aliphatic heterocycles. The fourth-order valence-corrected chi connectivity index (χ4v) is 2.58. The molecule has 0 fully saturated rings. The molecule has 0 saturated carbocycles. The van der Waals surface area contributed by atoms with Crippen LogP contribution in [0.5, 0.6) is 0 Å². The molecule has 1 unspecified atom stereocenters. The molecule has 0 rings (SSSR count). The Kier molecular flexibility index (Phi) is 16.4. The Morgan fingerprint density at radius 1 is 0.958 bits per heavy atom. The third kappa shape index (κ3) is 14.7. The topological polar surface area (TPSA) is 35.5 Å². The molecule has 0 aromatic heterocycles. The molecule has 0 N–H and O–H groups in total. The molecule has 0 aromatic rings. The summed E-state index contributed by atoms with van der Waals surface area (Å²) in [6.45, 7) is 11.5. The van der Waals surface area contributed by atoms with Crippen LogP contribution in [-0.4, -0.2) is 25.3 Å². The van der Waals surface area contributed by atoms with Gasteiger partial charge in [-0.25, -0.2) is 0 Å². The highest BCUT2D eigenvalue weighted by Crippen LogP contribution is 2.16. The SMILES string of the molecule is C=CCCCC(CCCCCCCCOCCC)OC(=O)C(C)C. The molecule has 0 radical (unpaired) electrons. The van der Waals surface area contributed by atoms with Gasteiger partial charge in [0.15, 0.2) is 0 Å². The standard InChI is InChI=1S/C21H40O3/c1-5-7-12-15-20(24-21(22)19(3)4)16-13-10-8-9-11-14-18-23-17-6-2/h5,19-20H,1,6-18H2,2-4H3. The number of allylic oxidation sites excluding steroid dienone is 1. The van der Waals surface area contributed by atoms with E-state index in [9.17, 15) is 4.79 Å². The lowest BCUT2D eigenvalue weighted by Gasteiger charge is -2.19. The Balaban J connectivity index is 3.72. The van der Waals surface area contributed by atoms with Crippen LogP contribution < -0.4 is 0 Å². The van der Waals surface area contributed by atoms with Gasteiger partial charge in [0.05, 0.1) is 5.92 Å². The first-order valence-electron chi connectivity index (χ1n) is 10.0. The van der Waals surface area contributed by atoms with Crippen LogP contribution in [0.25, 0.3) is 0 Å². The summed E-state index contributed by atoms with van der Waals surface area (Å²) in [7, 11) is 0. The van der Waals surface area contributed by atoms with Gasteiger partial charge in [0.1, 0.15) is 6.10 Å². The molecule has 0 heterocycles. The Labute approximate surface area is 150 Å². The number of carbonyl (C=O) groups is 1. The number of rotatable bonds is 17.